The molecule has 0 N–H and O–H groups in total. The molecule has 0 saturated carbocycles. The Morgan fingerprint density at radius 2 is 1.73 bits per heavy atom. The predicted molar refractivity (Wildman–Crippen MR) is 110 cm³/mol. The van der Waals surface area contributed by atoms with Gasteiger partial charge < -0.3 is 14.0 Å². The number of aromatic nitrogens is 2. The molecule has 9 heteroatoms. The highest BCUT2D eigenvalue weighted by molar-refractivity contribution is 6.11. The number of amides is 2. The van der Waals surface area contributed by atoms with Crippen molar-refractivity contribution < 1.29 is 23.0 Å². The lowest BCUT2D eigenvalue weighted by Gasteiger charge is -2.37. The van der Waals surface area contributed by atoms with Crippen LogP contribution in [0.15, 0.2) is 18.3 Å². The van der Waals surface area contributed by atoms with Crippen molar-refractivity contribution in [3.8, 4) is 11.5 Å². The minimum Gasteiger partial charge on any atom is -0.493 e. The van der Waals surface area contributed by atoms with Crippen molar-refractivity contribution >= 4 is 28.4 Å². The maximum absolute atomic E-state index is 15.1. The number of rotatable bonds is 4. The van der Waals surface area contributed by atoms with Crippen molar-refractivity contribution in [2.45, 2.75) is 20.4 Å². The van der Waals surface area contributed by atoms with Crippen molar-refractivity contribution in [2.24, 2.45) is 7.05 Å². The molecule has 4 rings (SSSR count). The maximum Gasteiger partial charge on any atom is 0.329 e. The highest BCUT2D eigenvalue weighted by Crippen LogP contribution is 2.42. The lowest BCUT2D eigenvalue weighted by Crippen LogP contribution is -2.48. The molecule has 0 radical (unpaired) electrons. The molecule has 0 atom stereocenters. The van der Waals surface area contributed by atoms with Gasteiger partial charge in [0.05, 0.1) is 26.5 Å². The van der Waals surface area contributed by atoms with Crippen LogP contribution in [0.5, 0.6) is 11.5 Å². The van der Waals surface area contributed by atoms with Gasteiger partial charge in [-0.2, -0.15) is 0 Å². The summed E-state index contributed by atoms with van der Waals surface area (Å²) in [6, 6.07) is 2.54. The Kier molecular flexibility index (Phi) is 4.76. The van der Waals surface area contributed by atoms with E-state index in [9.17, 15) is 4.79 Å². The van der Waals surface area contributed by atoms with Crippen LogP contribution in [0.4, 0.5) is 25.0 Å². The number of aryl methyl sites for hydroxylation is 2. The molecule has 7 nitrogen and oxygen atoms in total. The molecule has 0 spiro atoms. The summed E-state index contributed by atoms with van der Waals surface area (Å²) in [5.41, 5.74) is 2.63. The number of carbonyl (C=O) groups excluding carboxylic acids is 1. The van der Waals surface area contributed by atoms with Gasteiger partial charge in [0.25, 0.3) is 0 Å². The number of carbonyl (C=O) groups is 1. The SMILES string of the molecule is CCN1C(=O)N(c2c(F)c(OC)cc(OC)c2F)Cc2cnc3c(cc(C)n3C)c21. The molecule has 1 aliphatic rings. The van der Waals surface area contributed by atoms with E-state index in [1.54, 1.807) is 6.20 Å². The number of halogens is 2. The summed E-state index contributed by atoms with van der Waals surface area (Å²) in [7, 11) is 4.44. The number of methoxy groups -OCH3 is 2. The fourth-order valence-corrected chi connectivity index (χ4v) is 3.91. The van der Waals surface area contributed by atoms with Crippen LogP contribution in [0.25, 0.3) is 11.0 Å². The molecule has 158 valence electrons. The number of hydrogen-bond acceptors (Lipinski definition) is 4. The zero-order valence-electron chi connectivity index (χ0n) is 17.4. The topological polar surface area (TPSA) is 59.8 Å². The van der Waals surface area contributed by atoms with E-state index in [1.807, 2.05) is 31.5 Å². The van der Waals surface area contributed by atoms with Gasteiger partial charge in [0.2, 0.25) is 0 Å². The van der Waals surface area contributed by atoms with E-state index in [0.29, 0.717) is 17.8 Å². The Balaban J connectivity index is 1.94. The van der Waals surface area contributed by atoms with Crippen molar-refractivity contribution in [1.82, 2.24) is 9.55 Å². The van der Waals surface area contributed by atoms with Crippen LogP contribution >= 0.6 is 0 Å². The van der Waals surface area contributed by atoms with Gasteiger partial charge in [0.1, 0.15) is 11.3 Å². The van der Waals surface area contributed by atoms with Crippen molar-refractivity contribution in [1.29, 1.82) is 0 Å². The van der Waals surface area contributed by atoms with Crippen LogP contribution in [-0.2, 0) is 13.6 Å². The second kappa shape index (κ2) is 7.16. The second-order valence-corrected chi connectivity index (χ2v) is 7.08. The van der Waals surface area contributed by atoms with E-state index in [1.165, 1.54) is 19.1 Å². The molecule has 1 aliphatic heterocycles. The molecule has 2 amide bonds. The van der Waals surface area contributed by atoms with Crippen LogP contribution in [0, 0.1) is 18.6 Å². The van der Waals surface area contributed by atoms with Gasteiger partial charge in [-0.15, -0.1) is 0 Å². The first kappa shape index (κ1) is 19.9. The largest absolute Gasteiger partial charge is 0.493 e. The Labute approximate surface area is 172 Å². The lowest BCUT2D eigenvalue weighted by atomic mass is 10.1. The summed E-state index contributed by atoms with van der Waals surface area (Å²) in [6.07, 6.45) is 1.65. The van der Waals surface area contributed by atoms with Gasteiger partial charge in [-0.05, 0) is 19.9 Å². The number of urea groups is 1. The third kappa shape index (κ3) is 2.68. The summed E-state index contributed by atoms with van der Waals surface area (Å²) in [6.45, 7) is 4.05. The first-order valence-electron chi connectivity index (χ1n) is 9.46. The highest BCUT2D eigenvalue weighted by atomic mass is 19.1. The first-order chi connectivity index (χ1) is 14.3. The molecule has 30 heavy (non-hydrogen) atoms. The molecular formula is C21H22F2N4O3. The van der Waals surface area contributed by atoms with E-state index < -0.39 is 23.4 Å². The average Bonchev–Trinajstić information content (AvgIpc) is 3.03. The normalized spacial score (nSPS) is 13.8. The minimum atomic E-state index is -0.965. The number of hydrogen-bond donors (Lipinski definition) is 0. The zero-order valence-corrected chi connectivity index (χ0v) is 17.4. The standard InChI is InChI=1S/C21H22F2N4O3/c1-6-26-18-12(9-24-20-13(18)7-11(2)25(20)3)10-27(21(26)28)19-16(22)14(29-4)8-15(30-5)17(19)23/h7-9H,6,10H2,1-5H3. The van der Waals surface area contributed by atoms with Gasteiger partial charge in [0, 0.05) is 42.5 Å². The van der Waals surface area contributed by atoms with E-state index in [0.717, 1.165) is 27.7 Å². The fraction of sp³-hybridized carbons (Fsp3) is 0.333. The molecule has 3 heterocycles. The van der Waals surface area contributed by atoms with Gasteiger partial charge >= 0.3 is 6.03 Å². The highest BCUT2D eigenvalue weighted by Gasteiger charge is 2.37. The summed E-state index contributed by atoms with van der Waals surface area (Å²) in [5.74, 6) is -2.35. The molecule has 3 aromatic rings. The second-order valence-electron chi connectivity index (χ2n) is 7.08. The Hall–Kier alpha value is -3.36. The monoisotopic (exact) mass is 416 g/mol. The van der Waals surface area contributed by atoms with Crippen molar-refractivity contribution in [3.63, 3.8) is 0 Å². The van der Waals surface area contributed by atoms with E-state index in [2.05, 4.69) is 4.98 Å². The van der Waals surface area contributed by atoms with Crippen LogP contribution in [0.1, 0.15) is 18.2 Å². The van der Waals surface area contributed by atoms with E-state index >= 15 is 8.78 Å². The van der Waals surface area contributed by atoms with Crippen molar-refractivity contribution in [3.05, 3.63) is 41.2 Å². The molecule has 1 aromatic carbocycles. The number of benzene rings is 1. The van der Waals surface area contributed by atoms with Gasteiger partial charge in [-0.1, -0.05) is 0 Å². The van der Waals surface area contributed by atoms with Gasteiger partial charge in [-0.3, -0.25) is 9.80 Å². The zero-order chi connectivity index (χ0) is 21.7. The van der Waals surface area contributed by atoms with Crippen LogP contribution in [-0.4, -0.2) is 36.3 Å². The van der Waals surface area contributed by atoms with Crippen LogP contribution < -0.4 is 19.3 Å². The Morgan fingerprint density at radius 3 is 2.30 bits per heavy atom. The number of ether oxygens (including phenoxy) is 2. The number of pyridine rings is 1. The summed E-state index contributed by atoms with van der Waals surface area (Å²) < 4.78 is 42.1. The Bertz CT molecular complexity index is 1150. The molecule has 0 fully saturated rings. The fourth-order valence-electron chi connectivity index (χ4n) is 3.91. The molecule has 0 saturated heterocycles. The molecule has 0 aliphatic carbocycles. The minimum absolute atomic E-state index is 0.0360. The lowest BCUT2D eigenvalue weighted by molar-refractivity contribution is 0.249. The number of nitrogens with zero attached hydrogens (tertiary/aromatic N) is 4. The van der Waals surface area contributed by atoms with E-state index in [4.69, 9.17) is 9.47 Å². The summed E-state index contributed by atoms with van der Waals surface area (Å²) >= 11 is 0. The van der Waals surface area contributed by atoms with E-state index in [-0.39, 0.29) is 18.0 Å². The third-order valence-electron chi connectivity index (χ3n) is 5.54. The van der Waals surface area contributed by atoms with Crippen molar-refractivity contribution in [2.75, 3.05) is 30.6 Å². The number of fused-ring (bicyclic) bond motifs is 3. The van der Waals surface area contributed by atoms with Crippen LogP contribution in [0.2, 0.25) is 0 Å². The predicted octanol–water partition coefficient (Wildman–Crippen LogP) is 4.14. The first-order valence-corrected chi connectivity index (χ1v) is 9.46. The molecule has 0 bridgehead atoms. The van der Waals surface area contributed by atoms with Gasteiger partial charge in [-0.25, -0.2) is 18.6 Å². The molecule has 2 aromatic heterocycles. The summed E-state index contributed by atoms with van der Waals surface area (Å²) in [5, 5.41) is 0.825. The molecular weight excluding hydrogens is 394 g/mol. The smallest absolute Gasteiger partial charge is 0.329 e. The average molecular weight is 416 g/mol. The third-order valence-corrected chi connectivity index (χ3v) is 5.54. The Morgan fingerprint density at radius 1 is 1.10 bits per heavy atom. The quantitative estimate of drug-likeness (QED) is 0.641. The summed E-state index contributed by atoms with van der Waals surface area (Å²) in [4.78, 5) is 20.4. The number of anilines is 2. The molecule has 0 unspecified atom stereocenters. The van der Waals surface area contributed by atoms with Gasteiger partial charge in [0.15, 0.2) is 23.1 Å². The maximum atomic E-state index is 15.1. The van der Waals surface area contributed by atoms with Crippen LogP contribution in [0.3, 0.4) is 0 Å².